The smallest absolute Gasteiger partial charge is 0.339 e. The molecule has 0 amide bonds. The number of anilines is 2. The monoisotopic (exact) mass is 278 g/mol. The van der Waals surface area contributed by atoms with Crippen LogP contribution in [0.3, 0.4) is 0 Å². The van der Waals surface area contributed by atoms with E-state index in [4.69, 9.17) is 4.74 Å². The number of rotatable bonds is 4. The molecule has 0 atom stereocenters. The standard InChI is InChI=1S/C14H12F2N2O2/c1-2-20-14(19)9-3-4-13(17-8-9)18-12-6-10(15)5-11(16)7-12/h3-8H,2H2,1H3,(H,17,18). The summed E-state index contributed by atoms with van der Waals surface area (Å²) in [5.41, 5.74) is 0.543. The van der Waals surface area contributed by atoms with E-state index in [-0.39, 0.29) is 12.3 Å². The molecular formula is C14H12F2N2O2. The van der Waals surface area contributed by atoms with Crippen LogP contribution in [0.4, 0.5) is 20.3 Å². The minimum atomic E-state index is -0.685. The number of nitrogens with zero attached hydrogens (tertiary/aromatic N) is 1. The van der Waals surface area contributed by atoms with Gasteiger partial charge in [-0.25, -0.2) is 18.6 Å². The van der Waals surface area contributed by atoms with E-state index in [1.807, 2.05) is 0 Å². The number of hydrogen-bond donors (Lipinski definition) is 1. The van der Waals surface area contributed by atoms with Gasteiger partial charge in [-0.1, -0.05) is 0 Å². The zero-order valence-corrected chi connectivity index (χ0v) is 10.7. The Hall–Kier alpha value is -2.50. The van der Waals surface area contributed by atoms with Gasteiger partial charge in [0.2, 0.25) is 0 Å². The number of esters is 1. The molecule has 1 N–H and O–H groups in total. The lowest BCUT2D eigenvalue weighted by Crippen LogP contribution is -2.05. The number of halogens is 2. The molecule has 0 aliphatic heterocycles. The van der Waals surface area contributed by atoms with Gasteiger partial charge in [0.1, 0.15) is 17.5 Å². The van der Waals surface area contributed by atoms with Crippen molar-refractivity contribution in [2.75, 3.05) is 11.9 Å². The summed E-state index contributed by atoms with van der Waals surface area (Å²) in [5.74, 6) is -1.47. The fourth-order valence-electron chi connectivity index (χ4n) is 1.58. The zero-order valence-electron chi connectivity index (χ0n) is 10.7. The topological polar surface area (TPSA) is 51.2 Å². The summed E-state index contributed by atoms with van der Waals surface area (Å²) < 4.78 is 30.9. The molecule has 0 aliphatic rings. The molecule has 0 bridgehead atoms. The Morgan fingerprint density at radius 3 is 2.50 bits per heavy atom. The number of carbonyl (C=O) groups excluding carboxylic acids is 1. The van der Waals surface area contributed by atoms with Gasteiger partial charge in [-0.15, -0.1) is 0 Å². The summed E-state index contributed by atoms with van der Waals surface area (Å²) in [7, 11) is 0. The molecule has 0 fully saturated rings. The van der Waals surface area contributed by atoms with Gasteiger partial charge in [0.05, 0.1) is 12.2 Å². The summed E-state index contributed by atoms with van der Waals surface area (Å²) in [6.07, 6.45) is 1.33. The second kappa shape index (κ2) is 6.10. The maximum Gasteiger partial charge on any atom is 0.339 e. The molecule has 2 rings (SSSR count). The van der Waals surface area contributed by atoms with Gasteiger partial charge >= 0.3 is 5.97 Å². The lowest BCUT2D eigenvalue weighted by molar-refractivity contribution is 0.0526. The molecule has 0 aliphatic carbocycles. The molecule has 1 aromatic heterocycles. The highest BCUT2D eigenvalue weighted by Crippen LogP contribution is 2.17. The molecule has 0 spiro atoms. The minimum absolute atomic E-state index is 0.235. The highest BCUT2D eigenvalue weighted by atomic mass is 19.1. The van der Waals surface area contributed by atoms with Gasteiger partial charge in [0.25, 0.3) is 0 Å². The molecule has 0 saturated carbocycles. The van der Waals surface area contributed by atoms with Crippen LogP contribution >= 0.6 is 0 Å². The molecule has 20 heavy (non-hydrogen) atoms. The van der Waals surface area contributed by atoms with Gasteiger partial charge in [0.15, 0.2) is 0 Å². The van der Waals surface area contributed by atoms with Crippen LogP contribution in [0.5, 0.6) is 0 Å². The number of hydrogen-bond acceptors (Lipinski definition) is 4. The van der Waals surface area contributed by atoms with E-state index in [1.54, 1.807) is 6.92 Å². The quantitative estimate of drug-likeness (QED) is 0.872. The van der Waals surface area contributed by atoms with E-state index >= 15 is 0 Å². The average molecular weight is 278 g/mol. The fourth-order valence-corrected chi connectivity index (χ4v) is 1.58. The van der Waals surface area contributed by atoms with Crippen LogP contribution in [0, 0.1) is 11.6 Å². The number of pyridine rings is 1. The van der Waals surface area contributed by atoms with Crippen molar-refractivity contribution in [3.8, 4) is 0 Å². The van der Waals surface area contributed by atoms with Crippen LogP contribution in [0.2, 0.25) is 0 Å². The molecule has 0 saturated heterocycles. The van der Waals surface area contributed by atoms with Gasteiger partial charge < -0.3 is 10.1 Å². The first kappa shape index (κ1) is 13.9. The van der Waals surface area contributed by atoms with Crippen molar-refractivity contribution < 1.29 is 18.3 Å². The number of ether oxygens (including phenoxy) is 1. The summed E-state index contributed by atoms with van der Waals surface area (Å²) in [6.45, 7) is 1.99. The summed E-state index contributed by atoms with van der Waals surface area (Å²) in [6, 6.07) is 6.11. The van der Waals surface area contributed by atoms with E-state index in [9.17, 15) is 13.6 Å². The second-order valence-corrected chi connectivity index (χ2v) is 3.94. The van der Waals surface area contributed by atoms with Crippen LogP contribution in [0.1, 0.15) is 17.3 Å². The Morgan fingerprint density at radius 1 is 1.25 bits per heavy atom. The number of aromatic nitrogens is 1. The van der Waals surface area contributed by atoms with Crippen LogP contribution in [0.15, 0.2) is 36.5 Å². The van der Waals surface area contributed by atoms with Gasteiger partial charge in [-0.05, 0) is 31.2 Å². The van der Waals surface area contributed by atoms with Gasteiger partial charge in [-0.2, -0.15) is 0 Å². The van der Waals surface area contributed by atoms with Crippen molar-refractivity contribution in [2.24, 2.45) is 0 Å². The Balaban J connectivity index is 2.12. The van der Waals surface area contributed by atoms with Crippen molar-refractivity contribution in [2.45, 2.75) is 6.92 Å². The molecule has 1 aromatic carbocycles. The van der Waals surface area contributed by atoms with Crippen molar-refractivity contribution in [3.63, 3.8) is 0 Å². The van der Waals surface area contributed by atoms with Crippen molar-refractivity contribution in [1.82, 2.24) is 4.98 Å². The first-order valence-electron chi connectivity index (χ1n) is 5.95. The highest BCUT2D eigenvalue weighted by Gasteiger charge is 2.07. The van der Waals surface area contributed by atoms with Gasteiger partial charge in [0, 0.05) is 18.0 Å². The van der Waals surface area contributed by atoms with Crippen molar-refractivity contribution in [1.29, 1.82) is 0 Å². The SMILES string of the molecule is CCOC(=O)c1ccc(Nc2cc(F)cc(F)c2)nc1. The van der Waals surface area contributed by atoms with E-state index in [2.05, 4.69) is 10.3 Å². The third-order valence-corrected chi connectivity index (χ3v) is 2.41. The maximum absolute atomic E-state index is 13.0. The molecule has 0 unspecified atom stereocenters. The Labute approximate surface area is 114 Å². The number of carbonyl (C=O) groups is 1. The van der Waals surface area contributed by atoms with Crippen LogP contribution in [0.25, 0.3) is 0 Å². The number of nitrogens with one attached hydrogen (secondary N) is 1. The third kappa shape index (κ3) is 3.50. The summed E-state index contributed by atoms with van der Waals surface area (Å²) in [5, 5.41) is 2.74. The van der Waals surface area contributed by atoms with E-state index in [1.165, 1.54) is 18.3 Å². The first-order chi connectivity index (χ1) is 9.58. The summed E-state index contributed by atoms with van der Waals surface area (Å²) in [4.78, 5) is 15.4. The Kier molecular flexibility index (Phi) is 4.24. The van der Waals surface area contributed by atoms with E-state index < -0.39 is 17.6 Å². The maximum atomic E-state index is 13.0. The van der Waals surface area contributed by atoms with Crippen molar-refractivity contribution in [3.05, 3.63) is 53.7 Å². The largest absolute Gasteiger partial charge is 0.462 e. The summed E-state index contributed by atoms with van der Waals surface area (Å²) >= 11 is 0. The minimum Gasteiger partial charge on any atom is -0.462 e. The normalized spacial score (nSPS) is 10.2. The third-order valence-electron chi connectivity index (χ3n) is 2.41. The molecule has 6 heteroatoms. The van der Waals surface area contributed by atoms with E-state index in [0.717, 1.165) is 18.2 Å². The van der Waals surface area contributed by atoms with Crippen molar-refractivity contribution >= 4 is 17.5 Å². The Morgan fingerprint density at radius 2 is 1.95 bits per heavy atom. The molecule has 104 valence electrons. The van der Waals surface area contributed by atoms with Crippen LogP contribution < -0.4 is 5.32 Å². The lowest BCUT2D eigenvalue weighted by Gasteiger charge is -2.07. The highest BCUT2D eigenvalue weighted by molar-refractivity contribution is 5.89. The molecule has 0 radical (unpaired) electrons. The predicted molar refractivity (Wildman–Crippen MR) is 69.8 cm³/mol. The van der Waals surface area contributed by atoms with Gasteiger partial charge in [-0.3, -0.25) is 0 Å². The Bertz CT molecular complexity index is 595. The predicted octanol–water partition coefficient (Wildman–Crippen LogP) is 3.28. The average Bonchev–Trinajstić information content (AvgIpc) is 2.38. The number of benzene rings is 1. The van der Waals surface area contributed by atoms with E-state index in [0.29, 0.717) is 11.4 Å². The fraction of sp³-hybridized carbons (Fsp3) is 0.143. The molecular weight excluding hydrogens is 266 g/mol. The molecule has 4 nitrogen and oxygen atoms in total. The lowest BCUT2D eigenvalue weighted by atomic mass is 10.2. The molecule has 2 aromatic rings. The molecule has 1 heterocycles. The zero-order chi connectivity index (χ0) is 14.5. The second-order valence-electron chi connectivity index (χ2n) is 3.94. The van der Waals surface area contributed by atoms with Crippen LogP contribution in [-0.2, 0) is 4.74 Å². The van der Waals surface area contributed by atoms with Crippen LogP contribution in [-0.4, -0.2) is 17.6 Å². The first-order valence-corrected chi connectivity index (χ1v) is 5.95.